The minimum Gasteiger partial charge on any atom is -0.413 e. The van der Waals surface area contributed by atoms with Crippen molar-refractivity contribution in [2.75, 3.05) is 12.3 Å². The van der Waals surface area contributed by atoms with E-state index in [4.69, 9.17) is 5.73 Å². The number of hydrogen-bond donors (Lipinski definition) is 2. The van der Waals surface area contributed by atoms with Crippen LogP contribution in [0, 0.1) is 0 Å². The van der Waals surface area contributed by atoms with E-state index in [0.717, 1.165) is 4.90 Å². The van der Waals surface area contributed by atoms with E-state index in [2.05, 4.69) is 23.9 Å². The molecular formula is C7H10N2O3S. The summed E-state index contributed by atoms with van der Waals surface area (Å²) in [7, 11) is 0. The molecule has 1 aliphatic heterocycles. The third-order valence-corrected chi connectivity index (χ3v) is 1.96. The molecule has 0 aromatic carbocycles. The van der Waals surface area contributed by atoms with E-state index in [1.807, 2.05) is 0 Å². The van der Waals surface area contributed by atoms with Crippen LogP contribution in [0.1, 0.15) is 0 Å². The lowest BCUT2D eigenvalue weighted by atomic mass is 10.3. The quantitative estimate of drug-likeness (QED) is 0.605. The fourth-order valence-corrected chi connectivity index (χ4v) is 1.05. The highest BCUT2D eigenvalue weighted by Gasteiger charge is 2.33. The second-order valence-electron chi connectivity index (χ2n) is 2.62. The Morgan fingerprint density at radius 3 is 2.85 bits per heavy atom. The van der Waals surface area contributed by atoms with Crippen molar-refractivity contribution in [2.24, 2.45) is 5.73 Å². The summed E-state index contributed by atoms with van der Waals surface area (Å²) in [5.74, 6) is -0.0434. The standard InChI is InChI=1S/C7H10N2O3S/c1-4-2-9(7(11)12-4)6(10)5(8)3-13/h5,13H,1-3,8H2/t5-/m0/s1. The maximum absolute atomic E-state index is 11.3. The Balaban J connectivity index is 2.67. The highest BCUT2D eigenvalue weighted by Crippen LogP contribution is 2.13. The molecule has 1 heterocycles. The van der Waals surface area contributed by atoms with Gasteiger partial charge in [0.05, 0.1) is 12.6 Å². The molecule has 0 aromatic heterocycles. The van der Waals surface area contributed by atoms with Gasteiger partial charge in [0.2, 0.25) is 5.91 Å². The van der Waals surface area contributed by atoms with Gasteiger partial charge in [0, 0.05) is 5.75 Å². The number of ether oxygens (including phenoxy) is 1. The Kier molecular flexibility index (Phi) is 2.94. The van der Waals surface area contributed by atoms with Crippen LogP contribution in [0.15, 0.2) is 12.3 Å². The number of hydrogen-bond acceptors (Lipinski definition) is 5. The van der Waals surface area contributed by atoms with Crippen molar-refractivity contribution < 1.29 is 14.3 Å². The molecule has 0 aliphatic carbocycles. The molecule has 1 atom stereocenters. The predicted molar refractivity (Wildman–Crippen MR) is 49.2 cm³/mol. The van der Waals surface area contributed by atoms with Gasteiger partial charge in [0.15, 0.2) is 0 Å². The van der Waals surface area contributed by atoms with Crippen LogP contribution >= 0.6 is 12.6 Å². The second-order valence-corrected chi connectivity index (χ2v) is 2.99. The van der Waals surface area contributed by atoms with Crippen LogP contribution in [0.4, 0.5) is 4.79 Å². The molecule has 72 valence electrons. The average Bonchev–Trinajstić information content (AvgIpc) is 2.42. The molecule has 0 radical (unpaired) electrons. The van der Waals surface area contributed by atoms with Crippen molar-refractivity contribution in [3.63, 3.8) is 0 Å². The van der Waals surface area contributed by atoms with Crippen molar-refractivity contribution in [3.05, 3.63) is 12.3 Å². The van der Waals surface area contributed by atoms with Crippen LogP contribution < -0.4 is 5.73 Å². The van der Waals surface area contributed by atoms with Gasteiger partial charge in [0.25, 0.3) is 0 Å². The molecule has 0 saturated carbocycles. The molecule has 6 heteroatoms. The number of amides is 2. The van der Waals surface area contributed by atoms with Gasteiger partial charge in [-0.25, -0.2) is 9.69 Å². The lowest BCUT2D eigenvalue weighted by Crippen LogP contribution is -2.45. The van der Waals surface area contributed by atoms with Crippen molar-refractivity contribution in [2.45, 2.75) is 6.04 Å². The summed E-state index contributed by atoms with van der Waals surface area (Å²) >= 11 is 3.85. The first-order valence-corrected chi connectivity index (χ1v) is 4.27. The molecule has 2 N–H and O–H groups in total. The molecule has 1 aliphatic rings. The third kappa shape index (κ3) is 2.02. The highest BCUT2D eigenvalue weighted by atomic mass is 32.1. The molecule has 2 amide bonds. The first kappa shape index (κ1) is 10.1. The summed E-state index contributed by atoms with van der Waals surface area (Å²) in [5, 5.41) is 0. The van der Waals surface area contributed by atoms with Crippen LogP contribution in [-0.4, -0.2) is 35.2 Å². The van der Waals surface area contributed by atoms with E-state index in [-0.39, 0.29) is 18.1 Å². The molecular weight excluding hydrogens is 192 g/mol. The number of nitrogens with zero attached hydrogens (tertiary/aromatic N) is 1. The van der Waals surface area contributed by atoms with Crippen LogP contribution in [0.25, 0.3) is 0 Å². The van der Waals surface area contributed by atoms with E-state index in [9.17, 15) is 9.59 Å². The summed E-state index contributed by atoms with van der Waals surface area (Å²) in [4.78, 5) is 23.3. The Morgan fingerprint density at radius 1 is 1.85 bits per heavy atom. The molecule has 0 aromatic rings. The smallest absolute Gasteiger partial charge is 0.413 e. The Morgan fingerprint density at radius 2 is 2.46 bits per heavy atom. The lowest BCUT2D eigenvalue weighted by Gasteiger charge is -2.13. The number of imide groups is 1. The average molecular weight is 202 g/mol. The topological polar surface area (TPSA) is 72.6 Å². The van der Waals surface area contributed by atoms with E-state index in [0.29, 0.717) is 0 Å². The molecule has 0 unspecified atom stereocenters. The van der Waals surface area contributed by atoms with Gasteiger partial charge in [-0.05, 0) is 0 Å². The number of carbonyl (C=O) groups is 2. The molecule has 0 bridgehead atoms. The van der Waals surface area contributed by atoms with E-state index >= 15 is 0 Å². The fourth-order valence-electron chi connectivity index (χ4n) is 0.898. The maximum Gasteiger partial charge on any atom is 0.422 e. The first-order chi connectivity index (χ1) is 6.06. The largest absolute Gasteiger partial charge is 0.422 e. The van der Waals surface area contributed by atoms with Crippen LogP contribution in [-0.2, 0) is 9.53 Å². The number of thiol groups is 1. The zero-order valence-electron chi connectivity index (χ0n) is 6.90. The second kappa shape index (κ2) is 3.80. The van der Waals surface area contributed by atoms with Gasteiger partial charge in [-0.2, -0.15) is 12.6 Å². The van der Waals surface area contributed by atoms with Crippen molar-refractivity contribution >= 4 is 24.6 Å². The molecule has 1 rings (SSSR count). The van der Waals surface area contributed by atoms with Gasteiger partial charge in [-0.15, -0.1) is 0 Å². The molecule has 13 heavy (non-hydrogen) atoms. The highest BCUT2D eigenvalue weighted by molar-refractivity contribution is 7.80. The minimum atomic E-state index is -0.776. The third-order valence-electron chi connectivity index (χ3n) is 1.57. The van der Waals surface area contributed by atoms with Gasteiger partial charge < -0.3 is 10.5 Å². The van der Waals surface area contributed by atoms with Crippen molar-refractivity contribution in [1.82, 2.24) is 4.90 Å². The zero-order valence-corrected chi connectivity index (χ0v) is 7.79. The van der Waals surface area contributed by atoms with Crippen molar-refractivity contribution in [1.29, 1.82) is 0 Å². The fraction of sp³-hybridized carbons (Fsp3) is 0.429. The van der Waals surface area contributed by atoms with Crippen LogP contribution in [0.5, 0.6) is 0 Å². The summed E-state index contributed by atoms with van der Waals surface area (Å²) in [6.07, 6.45) is -0.716. The minimum absolute atomic E-state index is 0.0825. The van der Waals surface area contributed by atoms with E-state index in [1.54, 1.807) is 0 Å². The maximum atomic E-state index is 11.3. The monoisotopic (exact) mass is 202 g/mol. The summed E-state index contributed by atoms with van der Waals surface area (Å²) in [5.41, 5.74) is 5.40. The summed E-state index contributed by atoms with van der Waals surface area (Å²) < 4.78 is 4.58. The number of nitrogens with two attached hydrogens (primary N) is 1. The number of rotatable bonds is 2. The first-order valence-electron chi connectivity index (χ1n) is 3.63. The Labute approximate surface area is 80.9 Å². The summed E-state index contributed by atoms with van der Waals surface area (Å²) in [6.45, 7) is 3.51. The predicted octanol–water partition coefficient (Wildman–Crippen LogP) is -0.264. The molecule has 5 nitrogen and oxygen atoms in total. The van der Waals surface area contributed by atoms with Crippen molar-refractivity contribution in [3.8, 4) is 0 Å². The Hall–Kier alpha value is -1.01. The van der Waals surface area contributed by atoms with E-state index < -0.39 is 18.0 Å². The number of carbonyl (C=O) groups excluding carboxylic acids is 2. The van der Waals surface area contributed by atoms with Gasteiger partial charge >= 0.3 is 6.09 Å². The normalized spacial score (nSPS) is 18.8. The zero-order chi connectivity index (χ0) is 10.0. The van der Waals surface area contributed by atoms with Crippen LogP contribution in [0.3, 0.4) is 0 Å². The SMILES string of the molecule is C=C1CN(C(=O)[C@@H](N)CS)C(=O)O1. The van der Waals surface area contributed by atoms with Gasteiger partial charge in [-0.1, -0.05) is 6.58 Å². The molecule has 1 fully saturated rings. The number of cyclic esters (lactones) is 1. The lowest BCUT2D eigenvalue weighted by molar-refractivity contribution is -0.128. The summed E-state index contributed by atoms with van der Waals surface area (Å²) in [6, 6.07) is -0.776. The van der Waals surface area contributed by atoms with E-state index in [1.165, 1.54) is 0 Å². The Bertz CT molecular complexity index is 266. The van der Waals surface area contributed by atoms with Gasteiger partial charge in [0.1, 0.15) is 5.76 Å². The van der Waals surface area contributed by atoms with Gasteiger partial charge in [-0.3, -0.25) is 4.79 Å². The van der Waals surface area contributed by atoms with Crippen LogP contribution in [0.2, 0.25) is 0 Å². The molecule has 1 saturated heterocycles. The molecule has 0 spiro atoms.